The summed E-state index contributed by atoms with van der Waals surface area (Å²) in [4.78, 5) is 12.4. The molecule has 1 amide bonds. The predicted molar refractivity (Wildman–Crippen MR) is 67.6 cm³/mol. The molecule has 0 radical (unpaired) electrons. The van der Waals surface area contributed by atoms with Crippen molar-refractivity contribution < 1.29 is 9.18 Å². The van der Waals surface area contributed by atoms with E-state index in [0.29, 0.717) is 12.3 Å². The van der Waals surface area contributed by atoms with Crippen molar-refractivity contribution in [2.24, 2.45) is 0 Å². The number of benzene rings is 1. The fraction of sp³-hybridized carbons (Fsp3) is 0.167. The first-order chi connectivity index (χ1) is 8.74. The fourth-order valence-corrected chi connectivity index (χ4v) is 2.04. The molecule has 0 aliphatic carbocycles. The molecule has 0 saturated heterocycles. The van der Waals surface area contributed by atoms with E-state index in [1.807, 2.05) is 0 Å². The zero-order chi connectivity index (χ0) is 12.8. The molecule has 0 spiro atoms. The average molecular weight is 265 g/mol. The van der Waals surface area contributed by atoms with Crippen LogP contribution in [0.4, 0.5) is 4.39 Å². The highest BCUT2D eigenvalue weighted by Gasteiger charge is 2.03. The van der Waals surface area contributed by atoms with Gasteiger partial charge in [0.2, 0.25) is 5.91 Å². The van der Waals surface area contributed by atoms with Crippen LogP contribution in [0.3, 0.4) is 0 Å². The van der Waals surface area contributed by atoms with Gasteiger partial charge < -0.3 is 5.32 Å². The zero-order valence-corrected chi connectivity index (χ0v) is 10.3. The largest absolute Gasteiger partial charge is 0.350 e. The number of amides is 1. The number of carbonyl (C=O) groups is 1. The number of aromatic nitrogens is 2. The Labute approximate surface area is 108 Å². The van der Waals surface area contributed by atoms with E-state index >= 15 is 0 Å². The first-order valence-corrected chi connectivity index (χ1v) is 6.36. The lowest BCUT2D eigenvalue weighted by Gasteiger charge is -2.03. The standard InChI is InChI=1S/C12H12FN3OS/c13-9-1-3-11(4-2-9)18-8-12(17)14-7-10-5-6-15-16-10/h1-6H,7-8H2,(H,14,17)(H,15,16). The third-order valence-electron chi connectivity index (χ3n) is 2.22. The van der Waals surface area contributed by atoms with E-state index in [1.54, 1.807) is 24.4 Å². The van der Waals surface area contributed by atoms with E-state index in [9.17, 15) is 9.18 Å². The van der Waals surface area contributed by atoms with Gasteiger partial charge in [-0.1, -0.05) is 0 Å². The molecule has 1 heterocycles. The summed E-state index contributed by atoms with van der Waals surface area (Å²) < 4.78 is 12.7. The van der Waals surface area contributed by atoms with Crippen LogP contribution in [0.1, 0.15) is 5.69 Å². The van der Waals surface area contributed by atoms with Gasteiger partial charge >= 0.3 is 0 Å². The van der Waals surface area contributed by atoms with Gasteiger partial charge in [0.05, 0.1) is 18.0 Å². The Kier molecular flexibility index (Phi) is 4.35. The summed E-state index contributed by atoms with van der Waals surface area (Å²) in [5.41, 5.74) is 0.857. The smallest absolute Gasteiger partial charge is 0.230 e. The first-order valence-electron chi connectivity index (χ1n) is 5.37. The van der Waals surface area contributed by atoms with Crippen LogP contribution in [0.15, 0.2) is 41.4 Å². The van der Waals surface area contributed by atoms with Crippen LogP contribution in [0.25, 0.3) is 0 Å². The monoisotopic (exact) mass is 265 g/mol. The number of H-pyrrole nitrogens is 1. The van der Waals surface area contributed by atoms with Crippen molar-refractivity contribution in [1.82, 2.24) is 15.5 Å². The van der Waals surface area contributed by atoms with Crippen molar-refractivity contribution >= 4 is 17.7 Å². The Bertz CT molecular complexity index is 499. The van der Waals surface area contributed by atoms with Gasteiger partial charge in [-0.2, -0.15) is 5.10 Å². The Balaban J connectivity index is 1.73. The molecule has 0 aliphatic heterocycles. The van der Waals surface area contributed by atoms with E-state index in [1.165, 1.54) is 23.9 Å². The lowest BCUT2D eigenvalue weighted by atomic mass is 10.4. The van der Waals surface area contributed by atoms with Crippen molar-refractivity contribution in [3.05, 3.63) is 48.0 Å². The molecule has 0 atom stereocenters. The summed E-state index contributed by atoms with van der Waals surface area (Å²) in [6, 6.07) is 7.87. The third-order valence-corrected chi connectivity index (χ3v) is 3.23. The van der Waals surface area contributed by atoms with Crippen molar-refractivity contribution in [2.45, 2.75) is 11.4 Å². The fourth-order valence-electron chi connectivity index (χ4n) is 1.31. The molecule has 6 heteroatoms. The quantitative estimate of drug-likeness (QED) is 0.812. The van der Waals surface area contributed by atoms with Crippen LogP contribution in [0, 0.1) is 5.82 Å². The molecule has 18 heavy (non-hydrogen) atoms. The van der Waals surface area contributed by atoms with Gasteiger partial charge in [0.25, 0.3) is 0 Å². The second kappa shape index (κ2) is 6.20. The van der Waals surface area contributed by atoms with Gasteiger partial charge in [-0.3, -0.25) is 9.89 Å². The molecule has 0 unspecified atom stereocenters. The summed E-state index contributed by atoms with van der Waals surface area (Å²) in [5.74, 6) is -0.0401. The molecule has 2 rings (SSSR count). The first kappa shape index (κ1) is 12.6. The minimum absolute atomic E-state index is 0.0704. The van der Waals surface area contributed by atoms with Crippen molar-refractivity contribution in [3.8, 4) is 0 Å². The summed E-state index contributed by atoms with van der Waals surface area (Å²) in [6.45, 7) is 0.433. The van der Waals surface area contributed by atoms with Crippen molar-refractivity contribution in [2.75, 3.05) is 5.75 Å². The Hall–Kier alpha value is -1.82. The minimum atomic E-state index is -0.275. The molecule has 1 aromatic carbocycles. The maximum Gasteiger partial charge on any atom is 0.230 e. The summed E-state index contributed by atoms with van der Waals surface area (Å²) in [6.07, 6.45) is 1.63. The van der Waals surface area contributed by atoms with E-state index < -0.39 is 0 Å². The maximum absolute atomic E-state index is 12.7. The lowest BCUT2D eigenvalue weighted by Crippen LogP contribution is -2.24. The molecule has 0 saturated carbocycles. The number of hydrogen-bond acceptors (Lipinski definition) is 3. The molecule has 94 valence electrons. The van der Waals surface area contributed by atoms with Crippen LogP contribution < -0.4 is 5.32 Å². The molecule has 2 N–H and O–H groups in total. The Morgan fingerprint density at radius 2 is 2.11 bits per heavy atom. The van der Waals surface area contributed by atoms with E-state index in [-0.39, 0.29) is 11.7 Å². The van der Waals surface area contributed by atoms with Crippen LogP contribution in [-0.2, 0) is 11.3 Å². The lowest BCUT2D eigenvalue weighted by molar-refractivity contribution is -0.118. The number of nitrogens with zero attached hydrogens (tertiary/aromatic N) is 1. The van der Waals surface area contributed by atoms with Gasteiger partial charge in [-0.05, 0) is 30.3 Å². The number of hydrogen-bond donors (Lipinski definition) is 2. The topological polar surface area (TPSA) is 57.8 Å². The molecular formula is C12H12FN3OS. The molecule has 0 aliphatic rings. The number of aromatic amines is 1. The zero-order valence-electron chi connectivity index (χ0n) is 9.52. The average Bonchev–Trinajstić information content (AvgIpc) is 2.89. The molecule has 2 aromatic rings. The van der Waals surface area contributed by atoms with E-state index in [2.05, 4.69) is 15.5 Å². The van der Waals surface area contributed by atoms with Crippen LogP contribution >= 0.6 is 11.8 Å². The number of halogens is 1. The van der Waals surface area contributed by atoms with Crippen molar-refractivity contribution in [1.29, 1.82) is 0 Å². The minimum Gasteiger partial charge on any atom is -0.350 e. The normalized spacial score (nSPS) is 10.3. The molecule has 1 aromatic heterocycles. The molecule has 4 nitrogen and oxygen atoms in total. The summed E-state index contributed by atoms with van der Waals surface area (Å²) in [5, 5.41) is 9.31. The number of thioether (sulfide) groups is 1. The Morgan fingerprint density at radius 3 is 2.78 bits per heavy atom. The molecule has 0 fully saturated rings. The van der Waals surface area contributed by atoms with Crippen LogP contribution in [0.5, 0.6) is 0 Å². The Morgan fingerprint density at radius 1 is 1.33 bits per heavy atom. The van der Waals surface area contributed by atoms with Crippen LogP contribution in [-0.4, -0.2) is 21.9 Å². The number of carbonyl (C=O) groups excluding carboxylic acids is 1. The second-order valence-corrected chi connectivity index (χ2v) is 4.65. The highest BCUT2D eigenvalue weighted by atomic mass is 32.2. The van der Waals surface area contributed by atoms with Gasteiger partial charge in [-0.25, -0.2) is 4.39 Å². The van der Waals surface area contributed by atoms with Crippen LogP contribution in [0.2, 0.25) is 0 Å². The van der Waals surface area contributed by atoms with Gasteiger partial charge in [0.1, 0.15) is 5.82 Å². The second-order valence-electron chi connectivity index (χ2n) is 3.60. The summed E-state index contributed by atoms with van der Waals surface area (Å²) >= 11 is 1.37. The number of rotatable bonds is 5. The molecular weight excluding hydrogens is 253 g/mol. The number of nitrogens with one attached hydrogen (secondary N) is 2. The van der Waals surface area contributed by atoms with E-state index in [4.69, 9.17) is 0 Å². The predicted octanol–water partition coefficient (Wildman–Crippen LogP) is 1.96. The SMILES string of the molecule is O=C(CSc1ccc(F)cc1)NCc1ccn[nH]1. The summed E-state index contributed by atoms with van der Waals surface area (Å²) in [7, 11) is 0. The highest BCUT2D eigenvalue weighted by molar-refractivity contribution is 8.00. The maximum atomic E-state index is 12.7. The van der Waals surface area contributed by atoms with Gasteiger partial charge in [0, 0.05) is 11.1 Å². The third kappa shape index (κ3) is 3.89. The highest BCUT2D eigenvalue weighted by Crippen LogP contribution is 2.17. The van der Waals surface area contributed by atoms with Gasteiger partial charge in [0.15, 0.2) is 0 Å². The van der Waals surface area contributed by atoms with E-state index in [0.717, 1.165) is 10.6 Å². The van der Waals surface area contributed by atoms with Crippen molar-refractivity contribution in [3.63, 3.8) is 0 Å². The van der Waals surface area contributed by atoms with Gasteiger partial charge in [-0.15, -0.1) is 11.8 Å². The molecule has 0 bridgehead atoms.